The largest absolute Gasteiger partial charge is 0.463 e. The van der Waals surface area contributed by atoms with E-state index in [1.807, 2.05) is 13.8 Å². The van der Waals surface area contributed by atoms with Crippen LogP contribution in [-0.2, 0) is 42.7 Å². The minimum Gasteiger partial charge on any atom is -0.463 e. The summed E-state index contributed by atoms with van der Waals surface area (Å²) in [6.45, 7) is 2.16. The lowest BCUT2D eigenvalue weighted by Crippen LogP contribution is -2.65. The molecule has 3 fully saturated rings. The summed E-state index contributed by atoms with van der Waals surface area (Å²) in [6, 6.07) is 0. The van der Waals surface area contributed by atoms with Gasteiger partial charge in [-0.3, -0.25) is 9.59 Å². The van der Waals surface area contributed by atoms with E-state index in [1.54, 1.807) is 0 Å². The average molecular weight is 729 g/mol. The maximum Gasteiger partial charge on any atom is 0.308 e. The summed E-state index contributed by atoms with van der Waals surface area (Å²) in [5.74, 6) is -1.31. The number of rotatable bonds is 19. The van der Waals surface area contributed by atoms with Gasteiger partial charge >= 0.3 is 11.9 Å². The standard InChI is InChI=1S/C32H56O18/c1-3-5-7-8-10-12-20(35)49-32-29(50-31-28(43)25(40)22(37)17(47-31)14-44-19(34)11-9-6-4-2)26(41)23(38)18(48-32)15-45-30-27(42)24(39)21(36)16(13-33)46-30/h16-18,21-33,36-43H,3-15H2,1-2H3. The number of carbonyl (C=O) groups is 2. The lowest BCUT2D eigenvalue weighted by atomic mass is 9.97. The van der Waals surface area contributed by atoms with Gasteiger partial charge in [-0.1, -0.05) is 52.4 Å². The van der Waals surface area contributed by atoms with Crippen molar-refractivity contribution in [3.8, 4) is 0 Å². The number of ether oxygens (including phenoxy) is 7. The van der Waals surface area contributed by atoms with Crippen molar-refractivity contribution in [2.24, 2.45) is 0 Å². The molecule has 18 nitrogen and oxygen atoms in total. The summed E-state index contributed by atoms with van der Waals surface area (Å²) >= 11 is 0. The summed E-state index contributed by atoms with van der Waals surface area (Å²) in [7, 11) is 0. The Hall–Kier alpha value is -1.62. The second-order valence-corrected chi connectivity index (χ2v) is 13.0. The average Bonchev–Trinajstić information content (AvgIpc) is 3.09. The van der Waals surface area contributed by atoms with Crippen molar-refractivity contribution in [1.82, 2.24) is 0 Å². The Bertz CT molecular complexity index is 1000. The molecule has 18 heteroatoms. The lowest BCUT2D eigenvalue weighted by Gasteiger charge is -2.46. The highest BCUT2D eigenvalue weighted by Crippen LogP contribution is 2.31. The number of unbranched alkanes of at least 4 members (excludes halogenated alkanes) is 6. The topological polar surface area (TPSA) is 281 Å². The van der Waals surface area contributed by atoms with Crippen LogP contribution in [-0.4, -0.2) is 170 Å². The smallest absolute Gasteiger partial charge is 0.308 e. The monoisotopic (exact) mass is 728 g/mol. The zero-order valence-electron chi connectivity index (χ0n) is 28.6. The fourth-order valence-electron chi connectivity index (χ4n) is 5.83. The highest BCUT2D eigenvalue weighted by molar-refractivity contribution is 5.69. The van der Waals surface area contributed by atoms with Crippen LogP contribution in [0.25, 0.3) is 0 Å². The Balaban J connectivity index is 1.73. The van der Waals surface area contributed by atoms with Crippen molar-refractivity contribution < 1.29 is 88.7 Å². The van der Waals surface area contributed by atoms with E-state index >= 15 is 0 Å². The molecule has 0 radical (unpaired) electrons. The van der Waals surface area contributed by atoms with E-state index in [0.717, 1.165) is 38.5 Å². The Morgan fingerprint density at radius 3 is 1.70 bits per heavy atom. The molecule has 0 aliphatic carbocycles. The van der Waals surface area contributed by atoms with Crippen molar-refractivity contribution in [3.63, 3.8) is 0 Å². The summed E-state index contributed by atoms with van der Waals surface area (Å²) in [6.07, 6.45) is -18.9. The van der Waals surface area contributed by atoms with Crippen molar-refractivity contribution in [1.29, 1.82) is 0 Å². The number of aliphatic hydroxyl groups is 9. The number of aliphatic hydroxyl groups excluding tert-OH is 9. The van der Waals surface area contributed by atoms with Crippen LogP contribution in [0.3, 0.4) is 0 Å². The summed E-state index contributed by atoms with van der Waals surface area (Å²) in [5, 5.41) is 93.8. The van der Waals surface area contributed by atoms with Gasteiger partial charge in [0.05, 0.1) is 13.2 Å². The van der Waals surface area contributed by atoms with E-state index in [-0.39, 0.29) is 12.8 Å². The van der Waals surface area contributed by atoms with Gasteiger partial charge in [0.2, 0.25) is 6.29 Å². The fraction of sp³-hybridized carbons (Fsp3) is 0.938. The van der Waals surface area contributed by atoms with E-state index in [0.29, 0.717) is 12.8 Å². The molecule has 0 bridgehead atoms. The predicted molar refractivity (Wildman–Crippen MR) is 167 cm³/mol. The molecule has 3 saturated heterocycles. The fourth-order valence-corrected chi connectivity index (χ4v) is 5.83. The number of hydrogen-bond donors (Lipinski definition) is 9. The van der Waals surface area contributed by atoms with Gasteiger partial charge in [-0.25, -0.2) is 0 Å². The molecule has 3 aliphatic rings. The first-order chi connectivity index (χ1) is 23.8. The molecule has 292 valence electrons. The first kappa shape index (κ1) is 42.8. The number of carbonyl (C=O) groups excluding carboxylic acids is 2. The van der Waals surface area contributed by atoms with Crippen LogP contribution >= 0.6 is 0 Å². The van der Waals surface area contributed by atoms with Crippen LogP contribution in [0.2, 0.25) is 0 Å². The second kappa shape index (κ2) is 21.2. The van der Waals surface area contributed by atoms with Gasteiger partial charge in [-0.05, 0) is 12.8 Å². The zero-order chi connectivity index (χ0) is 37.0. The van der Waals surface area contributed by atoms with Crippen LogP contribution in [0.15, 0.2) is 0 Å². The molecule has 0 spiro atoms. The molecule has 15 atom stereocenters. The van der Waals surface area contributed by atoms with Gasteiger partial charge in [0.15, 0.2) is 18.7 Å². The highest BCUT2D eigenvalue weighted by atomic mass is 16.8. The van der Waals surface area contributed by atoms with Gasteiger partial charge in [0.1, 0.15) is 73.8 Å². The van der Waals surface area contributed by atoms with E-state index in [4.69, 9.17) is 33.2 Å². The first-order valence-electron chi connectivity index (χ1n) is 17.5. The Labute approximate surface area is 290 Å². The van der Waals surface area contributed by atoms with Crippen LogP contribution in [0.4, 0.5) is 0 Å². The zero-order valence-corrected chi connectivity index (χ0v) is 28.6. The van der Waals surface area contributed by atoms with E-state index in [9.17, 15) is 55.5 Å². The Kier molecular flexibility index (Phi) is 18.1. The molecule has 0 aromatic heterocycles. The molecule has 50 heavy (non-hydrogen) atoms. The third-order valence-electron chi connectivity index (χ3n) is 9.00. The SMILES string of the molecule is CCCCCCCC(=O)OC1OC(COC2OC(CO)C(O)C(O)C2O)C(O)C(O)C1OC1OC(COC(=O)CCCCC)C(O)C(O)C1O. The highest BCUT2D eigenvalue weighted by Gasteiger charge is 2.53. The quantitative estimate of drug-likeness (QED) is 0.0490. The van der Waals surface area contributed by atoms with E-state index in [2.05, 4.69) is 0 Å². The molecule has 0 aromatic carbocycles. The maximum absolute atomic E-state index is 12.9. The Morgan fingerprint density at radius 2 is 1.04 bits per heavy atom. The van der Waals surface area contributed by atoms with Gasteiger partial charge in [-0.15, -0.1) is 0 Å². The van der Waals surface area contributed by atoms with E-state index in [1.165, 1.54) is 0 Å². The van der Waals surface area contributed by atoms with Crippen molar-refractivity contribution in [3.05, 3.63) is 0 Å². The molecular formula is C32H56O18. The number of hydrogen-bond acceptors (Lipinski definition) is 18. The number of esters is 2. The van der Waals surface area contributed by atoms with Crippen molar-refractivity contribution in [2.45, 2.75) is 170 Å². The maximum atomic E-state index is 12.9. The minimum atomic E-state index is -1.91. The molecule has 3 heterocycles. The first-order valence-corrected chi connectivity index (χ1v) is 17.5. The molecule has 3 rings (SSSR count). The molecule has 15 unspecified atom stereocenters. The van der Waals surface area contributed by atoms with Crippen LogP contribution < -0.4 is 0 Å². The predicted octanol–water partition coefficient (Wildman–Crippen LogP) is -2.53. The van der Waals surface area contributed by atoms with Crippen LogP contribution in [0.1, 0.15) is 78.1 Å². The molecule has 9 N–H and O–H groups in total. The molecule has 0 amide bonds. The van der Waals surface area contributed by atoms with Crippen LogP contribution in [0, 0.1) is 0 Å². The molecular weight excluding hydrogens is 672 g/mol. The molecule has 0 saturated carbocycles. The lowest BCUT2D eigenvalue weighted by molar-refractivity contribution is -0.367. The third-order valence-corrected chi connectivity index (χ3v) is 9.00. The summed E-state index contributed by atoms with van der Waals surface area (Å²) in [4.78, 5) is 25.0. The van der Waals surface area contributed by atoms with Crippen molar-refractivity contribution in [2.75, 3.05) is 19.8 Å². The van der Waals surface area contributed by atoms with E-state index < -0.39 is 124 Å². The molecule has 3 aliphatic heterocycles. The van der Waals surface area contributed by atoms with Gasteiger partial charge in [-0.2, -0.15) is 0 Å². The molecule has 0 aromatic rings. The van der Waals surface area contributed by atoms with Gasteiger partial charge in [0, 0.05) is 12.8 Å². The normalized spacial score (nSPS) is 39.2. The Morgan fingerprint density at radius 1 is 0.540 bits per heavy atom. The third kappa shape index (κ3) is 11.7. The van der Waals surface area contributed by atoms with Gasteiger partial charge < -0.3 is 79.1 Å². The second-order valence-electron chi connectivity index (χ2n) is 13.0. The summed E-state index contributed by atoms with van der Waals surface area (Å²) < 4.78 is 38.6. The van der Waals surface area contributed by atoms with Crippen LogP contribution in [0.5, 0.6) is 0 Å². The summed E-state index contributed by atoms with van der Waals surface area (Å²) in [5.41, 5.74) is 0. The minimum absolute atomic E-state index is 0.0276. The van der Waals surface area contributed by atoms with Gasteiger partial charge in [0.25, 0.3) is 0 Å². The van der Waals surface area contributed by atoms with Crippen molar-refractivity contribution >= 4 is 11.9 Å².